The molecule has 4 nitrogen and oxygen atoms in total. The van der Waals surface area contributed by atoms with Crippen molar-refractivity contribution in [1.82, 2.24) is 0 Å². The summed E-state index contributed by atoms with van der Waals surface area (Å²) in [4.78, 5) is 11.2. The highest BCUT2D eigenvalue weighted by Crippen LogP contribution is 2.48. The first-order valence-corrected chi connectivity index (χ1v) is 6.70. The van der Waals surface area contributed by atoms with Gasteiger partial charge in [0.2, 0.25) is 0 Å². The summed E-state index contributed by atoms with van der Waals surface area (Å²) in [5, 5.41) is 12.8. The summed E-state index contributed by atoms with van der Waals surface area (Å²) in [5.74, 6) is -0.966. The number of methoxy groups -OCH3 is 1. The van der Waals surface area contributed by atoms with Crippen LogP contribution in [0.1, 0.15) is 29.6 Å². The largest absolute Gasteiger partial charge is 0.478 e. The highest BCUT2D eigenvalue weighted by Gasteiger charge is 2.41. The summed E-state index contributed by atoms with van der Waals surface area (Å²) in [6.07, 6.45) is 3.34. The lowest BCUT2D eigenvalue weighted by Gasteiger charge is -2.17. The van der Waals surface area contributed by atoms with Crippen molar-refractivity contribution in [3.63, 3.8) is 0 Å². The standard InChI is InChI=1S/C14H18ClNO3/c1-19-7-6-14(4-5-14)9-16-12-3-2-10(15)8-11(12)13(17)18/h2-3,8,16H,4-7,9H2,1H3,(H,17,18). The van der Waals surface area contributed by atoms with Crippen LogP contribution >= 0.6 is 11.6 Å². The lowest BCUT2D eigenvalue weighted by atomic mass is 10.0. The lowest BCUT2D eigenvalue weighted by Crippen LogP contribution is -2.18. The molecule has 1 aromatic carbocycles. The number of hydrogen-bond acceptors (Lipinski definition) is 3. The Labute approximate surface area is 117 Å². The summed E-state index contributed by atoms with van der Waals surface area (Å²) >= 11 is 5.82. The molecule has 1 aromatic rings. The van der Waals surface area contributed by atoms with Gasteiger partial charge in [-0.15, -0.1) is 0 Å². The minimum atomic E-state index is -0.966. The van der Waals surface area contributed by atoms with Crippen LogP contribution in [0.3, 0.4) is 0 Å². The molecule has 0 spiro atoms. The number of benzene rings is 1. The Morgan fingerprint density at radius 3 is 2.84 bits per heavy atom. The molecule has 0 saturated heterocycles. The molecule has 104 valence electrons. The maximum atomic E-state index is 11.2. The molecule has 0 aromatic heterocycles. The molecular weight excluding hydrogens is 266 g/mol. The number of anilines is 1. The summed E-state index contributed by atoms with van der Waals surface area (Å²) < 4.78 is 5.11. The quantitative estimate of drug-likeness (QED) is 0.806. The SMILES string of the molecule is COCCC1(CNc2ccc(Cl)cc2C(=O)O)CC1. The topological polar surface area (TPSA) is 58.6 Å². The van der Waals surface area contributed by atoms with E-state index in [-0.39, 0.29) is 11.0 Å². The van der Waals surface area contributed by atoms with Gasteiger partial charge in [0.25, 0.3) is 0 Å². The Kier molecular flexibility index (Phi) is 4.32. The normalized spacial score (nSPS) is 16.1. The minimum Gasteiger partial charge on any atom is -0.478 e. The van der Waals surface area contributed by atoms with E-state index in [0.29, 0.717) is 10.7 Å². The monoisotopic (exact) mass is 283 g/mol. The summed E-state index contributed by atoms with van der Waals surface area (Å²) in [6, 6.07) is 4.89. The predicted molar refractivity (Wildman–Crippen MR) is 75.1 cm³/mol. The van der Waals surface area contributed by atoms with E-state index >= 15 is 0 Å². The van der Waals surface area contributed by atoms with Crippen LogP contribution in [-0.4, -0.2) is 31.3 Å². The van der Waals surface area contributed by atoms with Crippen LogP contribution in [0.5, 0.6) is 0 Å². The highest BCUT2D eigenvalue weighted by atomic mass is 35.5. The molecule has 0 heterocycles. The molecule has 1 fully saturated rings. The van der Waals surface area contributed by atoms with Crippen molar-refractivity contribution in [2.45, 2.75) is 19.3 Å². The Morgan fingerprint density at radius 1 is 1.53 bits per heavy atom. The van der Waals surface area contributed by atoms with Gasteiger partial charge in [-0.1, -0.05) is 11.6 Å². The van der Waals surface area contributed by atoms with Crippen LogP contribution in [-0.2, 0) is 4.74 Å². The number of halogens is 1. The zero-order chi connectivity index (χ0) is 13.9. The minimum absolute atomic E-state index is 0.218. The van der Waals surface area contributed by atoms with Crippen molar-refractivity contribution in [1.29, 1.82) is 0 Å². The number of nitrogens with one attached hydrogen (secondary N) is 1. The second-order valence-corrected chi connectivity index (χ2v) is 5.53. The van der Waals surface area contributed by atoms with Gasteiger partial charge in [0, 0.05) is 31.0 Å². The van der Waals surface area contributed by atoms with Gasteiger partial charge in [-0.3, -0.25) is 0 Å². The van der Waals surface area contributed by atoms with E-state index in [1.165, 1.54) is 18.9 Å². The molecule has 2 rings (SSSR count). The van der Waals surface area contributed by atoms with E-state index < -0.39 is 5.97 Å². The third-order valence-electron chi connectivity index (χ3n) is 3.66. The molecule has 1 saturated carbocycles. The van der Waals surface area contributed by atoms with E-state index in [1.807, 2.05) is 0 Å². The lowest BCUT2D eigenvalue weighted by molar-refractivity contribution is 0.0698. The summed E-state index contributed by atoms with van der Waals surface area (Å²) in [7, 11) is 1.70. The van der Waals surface area contributed by atoms with Gasteiger partial charge < -0.3 is 15.2 Å². The number of carbonyl (C=O) groups is 1. The van der Waals surface area contributed by atoms with Gasteiger partial charge in [0.15, 0.2) is 0 Å². The van der Waals surface area contributed by atoms with Gasteiger partial charge >= 0.3 is 5.97 Å². The van der Waals surface area contributed by atoms with Crippen LogP contribution in [0, 0.1) is 5.41 Å². The molecule has 1 aliphatic carbocycles. The van der Waals surface area contributed by atoms with E-state index in [2.05, 4.69) is 5.32 Å². The van der Waals surface area contributed by atoms with Crippen LogP contribution in [0.15, 0.2) is 18.2 Å². The number of carboxylic acid groups (broad SMARTS) is 1. The highest BCUT2D eigenvalue weighted by molar-refractivity contribution is 6.31. The van der Waals surface area contributed by atoms with E-state index in [0.717, 1.165) is 19.6 Å². The van der Waals surface area contributed by atoms with Crippen molar-refractivity contribution >= 4 is 23.3 Å². The summed E-state index contributed by atoms with van der Waals surface area (Å²) in [5.41, 5.74) is 1.11. The van der Waals surface area contributed by atoms with Crippen LogP contribution < -0.4 is 5.32 Å². The first-order valence-electron chi connectivity index (χ1n) is 6.32. The van der Waals surface area contributed by atoms with Crippen molar-refractivity contribution in [3.8, 4) is 0 Å². The van der Waals surface area contributed by atoms with Gasteiger partial charge in [-0.2, -0.15) is 0 Å². The van der Waals surface area contributed by atoms with E-state index in [4.69, 9.17) is 21.4 Å². The van der Waals surface area contributed by atoms with Gasteiger partial charge in [-0.25, -0.2) is 4.79 Å². The van der Waals surface area contributed by atoms with Gasteiger partial charge in [0.1, 0.15) is 0 Å². The van der Waals surface area contributed by atoms with E-state index in [9.17, 15) is 4.79 Å². The molecule has 5 heteroatoms. The first kappa shape index (κ1) is 14.2. The fraction of sp³-hybridized carbons (Fsp3) is 0.500. The smallest absolute Gasteiger partial charge is 0.337 e. The molecule has 0 unspecified atom stereocenters. The van der Waals surface area contributed by atoms with Crippen LogP contribution in [0.4, 0.5) is 5.69 Å². The zero-order valence-corrected chi connectivity index (χ0v) is 11.7. The molecule has 0 aliphatic heterocycles. The van der Waals surface area contributed by atoms with Crippen LogP contribution in [0.2, 0.25) is 5.02 Å². The average Bonchev–Trinajstić information content (AvgIpc) is 3.15. The first-order chi connectivity index (χ1) is 9.06. The molecule has 0 amide bonds. The van der Waals surface area contributed by atoms with Crippen molar-refractivity contribution < 1.29 is 14.6 Å². The number of rotatable bonds is 7. The average molecular weight is 284 g/mol. The second kappa shape index (κ2) is 5.80. The molecular formula is C14H18ClNO3. The maximum absolute atomic E-state index is 11.2. The molecule has 0 radical (unpaired) electrons. The van der Waals surface area contributed by atoms with Crippen LogP contribution in [0.25, 0.3) is 0 Å². The summed E-state index contributed by atoms with van der Waals surface area (Å²) in [6.45, 7) is 1.52. The molecule has 2 N–H and O–H groups in total. The number of hydrogen-bond donors (Lipinski definition) is 2. The number of aromatic carboxylic acids is 1. The Bertz CT molecular complexity index is 472. The fourth-order valence-corrected chi connectivity index (χ4v) is 2.31. The van der Waals surface area contributed by atoms with Gasteiger partial charge in [0.05, 0.1) is 5.56 Å². The third kappa shape index (κ3) is 3.61. The third-order valence-corrected chi connectivity index (χ3v) is 3.89. The predicted octanol–water partition coefficient (Wildman–Crippen LogP) is 3.27. The fourth-order valence-electron chi connectivity index (χ4n) is 2.14. The Balaban J connectivity index is 2.01. The Hall–Kier alpha value is -1.26. The molecule has 0 atom stereocenters. The molecule has 19 heavy (non-hydrogen) atoms. The van der Waals surface area contributed by atoms with Crippen molar-refractivity contribution in [2.75, 3.05) is 25.6 Å². The van der Waals surface area contributed by atoms with Gasteiger partial charge in [-0.05, 0) is 42.9 Å². The van der Waals surface area contributed by atoms with E-state index in [1.54, 1.807) is 19.2 Å². The Morgan fingerprint density at radius 2 is 2.26 bits per heavy atom. The number of carboxylic acids is 1. The number of ether oxygens (including phenoxy) is 1. The van der Waals surface area contributed by atoms with Crippen molar-refractivity contribution in [2.24, 2.45) is 5.41 Å². The zero-order valence-electron chi connectivity index (χ0n) is 10.9. The molecule has 1 aliphatic rings. The van der Waals surface area contributed by atoms with Crippen molar-refractivity contribution in [3.05, 3.63) is 28.8 Å². The maximum Gasteiger partial charge on any atom is 0.337 e. The second-order valence-electron chi connectivity index (χ2n) is 5.09. The molecule has 0 bridgehead atoms.